The third-order valence-electron chi connectivity index (χ3n) is 3.34. The van der Waals surface area contributed by atoms with Crippen LogP contribution in [0, 0.1) is 6.92 Å². The summed E-state index contributed by atoms with van der Waals surface area (Å²) in [5.74, 6) is 0. The van der Waals surface area contributed by atoms with Gasteiger partial charge in [-0.2, -0.15) is 5.10 Å². The number of aliphatic imine (C=N–C) groups is 1. The lowest BCUT2D eigenvalue weighted by molar-refractivity contribution is 0.508. The van der Waals surface area contributed by atoms with E-state index in [0.29, 0.717) is 5.69 Å². The summed E-state index contributed by atoms with van der Waals surface area (Å²) in [5, 5.41) is 4.27. The molecule has 0 saturated heterocycles. The zero-order valence-electron chi connectivity index (χ0n) is 11.5. The third-order valence-corrected chi connectivity index (χ3v) is 6.12. The van der Waals surface area contributed by atoms with E-state index in [2.05, 4.69) is 26.0 Å². The molecule has 0 unspecified atom stereocenters. The Balaban J connectivity index is 2.02. The summed E-state index contributed by atoms with van der Waals surface area (Å²) < 4.78 is 29.0. The summed E-state index contributed by atoms with van der Waals surface area (Å²) in [7, 11) is -1.80. The molecule has 0 aliphatic carbocycles. The van der Waals surface area contributed by atoms with Crippen LogP contribution in [0.3, 0.4) is 0 Å². The Morgan fingerprint density at radius 1 is 1.29 bits per heavy atom. The van der Waals surface area contributed by atoms with Gasteiger partial charge in [-0.1, -0.05) is 12.1 Å². The molecule has 0 spiro atoms. The van der Waals surface area contributed by atoms with Crippen LogP contribution >= 0.6 is 15.9 Å². The first kappa shape index (κ1) is 14.3. The SMILES string of the molecule is Cc1nn(C)c(CN2C=Nc3ccccc3S2(=O)=O)c1Br. The van der Waals surface area contributed by atoms with Crippen molar-refractivity contribution in [3.05, 3.63) is 40.1 Å². The quantitative estimate of drug-likeness (QED) is 0.816. The van der Waals surface area contributed by atoms with Crippen LogP contribution in [0.2, 0.25) is 0 Å². The highest BCUT2D eigenvalue weighted by Crippen LogP contribution is 2.31. The predicted octanol–water partition coefficient (Wildman–Crippen LogP) is 2.36. The first-order valence-electron chi connectivity index (χ1n) is 6.24. The molecule has 0 amide bonds. The maximum Gasteiger partial charge on any atom is 0.267 e. The molecule has 1 aliphatic rings. The second kappa shape index (κ2) is 4.96. The van der Waals surface area contributed by atoms with Gasteiger partial charge in [0.1, 0.15) is 11.2 Å². The van der Waals surface area contributed by atoms with E-state index in [-0.39, 0.29) is 11.4 Å². The van der Waals surface area contributed by atoms with Gasteiger partial charge in [0.25, 0.3) is 10.0 Å². The Morgan fingerprint density at radius 2 is 2.00 bits per heavy atom. The van der Waals surface area contributed by atoms with Gasteiger partial charge in [-0.05, 0) is 35.0 Å². The highest BCUT2D eigenvalue weighted by atomic mass is 79.9. The minimum absolute atomic E-state index is 0.179. The van der Waals surface area contributed by atoms with Gasteiger partial charge in [0.15, 0.2) is 0 Å². The molecule has 2 aromatic rings. The fourth-order valence-corrected chi connectivity index (χ4v) is 4.04. The Labute approximate surface area is 131 Å². The number of hydrogen-bond donors (Lipinski definition) is 0. The molecule has 1 aliphatic heterocycles. The van der Waals surface area contributed by atoms with Crippen LogP contribution in [-0.2, 0) is 23.6 Å². The lowest BCUT2D eigenvalue weighted by atomic mass is 10.3. The summed E-state index contributed by atoms with van der Waals surface area (Å²) >= 11 is 3.45. The number of halogens is 1. The number of fused-ring (bicyclic) bond motifs is 1. The largest absolute Gasteiger partial charge is 0.269 e. The Kier molecular flexibility index (Phi) is 3.37. The Hall–Kier alpha value is -1.67. The summed E-state index contributed by atoms with van der Waals surface area (Å²) in [6.45, 7) is 2.04. The van der Waals surface area contributed by atoms with Gasteiger partial charge in [0.2, 0.25) is 0 Å². The molecule has 2 heterocycles. The molecule has 110 valence electrons. The van der Waals surface area contributed by atoms with Gasteiger partial charge in [-0.25, -0.2) is 13.4 Å². The zero-order valence-corrected chi connectivity index (χ0v) is 13.9. The molecular formula is C13H13BrN4O2S. The molecule has 0 N–H and O–H groups in total. The van der Waals surface area contributed by atoms with Crippen molar-refractivity contribution in [3.8, 4) is 0 Å². The van der Waals surface area contributed by atoms with Crippen molar-refractivity contribution in [2.24, 2.45) is 12.0 Å². The molecule has 0 bridgehead atoms. The van der Waals surface area contributed by atoms with E-state index < -0.39 is 10.0 Å². The van der Waals surface area contributed by atoms with Crippen molar-refractivity contribution in [1.82, 2.24) is 14.1 Å². The van der Waals surface area contributed by atoms with E-state index in [1.807, 2.05) is 6.92 Å². The lowest BCUT2D eigenvalue weighted by Crippen LogP contribution is -2.32. The number of para-hydroxylation sites is 1. The number of aromatic nitrogens is 2. The van der Waals surface area contributed by atoms with E-state index in [9.17, 15) is 8.42 Å². The molecule has 0 saturated carbocycles. The molecule has 1 aromatic carbocycles. The Morgan fingerprint density at radius 3 is 2.67 bits per heavy atom. The first-order valence-corrected chi connectivity index (χ1v) is 8.47. The van der Waals surface area contributed by atoms with E-state index >= 15 is 0 Å². The summed E-state index contributed by atoms with van der Waals surface area (Å²) in [5.41, 5.74) is 2.06. The maximum atomic E-state index is 12.6. The van der Waals surface area contributed by atoms with Crippen LogP contribution in [0.1, 0.15) is 11.4 Å². The third kappa shape index (κ3) is 2.28. The fourth-order valence-electron chi connectivity index (χ4n) is 2.22. The average Bonchev–Trinajstić information content (AvgIpc) is 2.68. The highest BCUT2D eigenvalue weighted by Gasteiger charge is 2.29. The van der Waals surface area contributed by atoms with Crippen molar-refractivity contribution < 1.29 is 8.42 Å². The molecule has 6 nitrogen and oxygen atoms in total. The van der Waals surface area contributed by atoms with Crippen molar-refractivity contribution in [3.63, 3.8) is 0 Å². The van der Waals surface area contributed by atoms with E-state index in [0.717, 1.165) is 15.9 Å². The van der Waals surface area contributed by atoms with Gasteiger partial charge in [-0.3, -0.25) is 8.99 Å². The minimum Gasteiger partial charge on any atom is -0.269 e. The van der Waals surface area contributed by atoms with Gasteiger partial charge >= 0.3 is 0 Å². The van der Waals surface area contributed by atoms with Crippen LogP contribution in [0.15, 0.2) is 38.6 Å². The molecular weight excluding hydrogens is 356 g/mol. The van der Waals surface area contributed by atoms with Crippen LogP contribution in [0.5, 0.6) is 0 Å². The van der Waals surface area contributed by atoms with E-state index in [4.69, 9.17) is 0 Å². The highest BCUT2D eigenvalue weighted by molar-refractivity contribution is 9.10. The van der Waals surface area contributed by atoms with Gasteiger partial charge < -0.3 is 0 Å². The summed E-state index contributed by atoms with van der Waals surface area (Å²) in [6, 6.07) is 6.71. The second-order valence-electron chi connectivity index (χ2n) is 4.73. The normalized spacial score (nSPS) is 16.0. The van der Waals surface area contributed by atoms with Crippen molar-refractivity contribution in [1.29, 1.82) is 0 Å². The van der Waals surface area contributed by atoms with Crippen LogP contribution in [0.25, 0.3) is 0 Å². The van der Waals surface area contributed by atoms with Crippen LogP contribution in [-0.4, -0.2) is 28.8 Å². The van der Waals surface area contributed by atoms with E-state index in [1.165, 1.54) is 10.6 Å². The van der Waals surface area contributed by atoms with Crippen LogP contribution in [0.4, 0.5) is 5.69 Å². The van der Waals surface area contributed by atoms with Crippen molar-refractivity contribution >= 4 is 38.0 Å². The predicted molar refractivity (Wildman–Crippen MR) is 83.0 cm³/mol. The molecule has 1 aromatic heterocycles. The van der Waals surface area contributed by atoms with Gasteiger partial charge in [-0.15, -0.1) is 0 Å². The summed E-state index contributed by atoms with van der Waals surface area (Å²) in [4.78, 5) is 4.43. The monoisotopic (exact) mass is 368 g/mol. The number of benzene rings is 1. The zero-order chi connectivity index (χ0) is 15.2. The van der Waals surface area contributed by atoms with E-state index in [1.54, 1.807) is 36.0 Å². The average molecular weight is 369 g/mol. The summed E-state index contributed by atoms with van der Waals surface area (Å²) in [6.07, 6.45) is 1.35. The smallest absolute Gasteiger partial charge is 0.267 e. The minimum atomic E-state index is -3.58. The molecule has 0 radical (unpaired) electrons. The Bertz CT molecular complexity index is 842. The molecule has 8 heteroatoms. The van der Waals surface area contributed by atoms with Crippen LogP contribution < -0.4 is 0 Å². The molecule has 0 atom stereocenters. The standard InChI is InChI=1S/C13H13BrN4O2S/c1-9-13(14)11(17(2)16-9)7-18-8-15-10-5-3-4-6-12(10)21(18,19)20/h3-6,8H,7H2,1-2H3. The molecule has 3 rings (SSSR count). The number of nitrogens with zero attached hydrogens (tertiary/aromatic N) is 4. The number of sulfonamides is 1. The maximum absolute atomic E-state index is 12.6. The fraction of sp³-hybridized carbons (Fsp3) is 0.231. The molecule has 0 fully saturated rings. The molecule has 21 heavy (non-hydrogen) atoms. The van der Waals surface area contributed by atoms with Crippen molar-refractivity contribution in [2.75, 3.05) is 0 Å². The number of aryl methyl sites for hydroxylation is 2. The first-order chi connectivity index (χ1) is 9.91. The number of hydrogen-bond acceptors (Lipinski definition) is 4. The topological polar surface area (TPSA) is 67.6 Å². The second-order valence-corrected chi connectivity index (χ2v) is 7.38. The van der Waals surface area contributed by atoms with Crippen molar-refractivity contribution in [2.45, 2.75) is 18.4 Å². The van der Waals surface area contributed by atoms with Gasteiger partial charge in [0, 0.05) is 7.05 Å². The number of rotatable bonds is 2. The van der Waals surface area contributed by atoms with Gasteiger partial charge in [0.05, 0.1) is 28.1 Å². The lowest BCUT2D eigenvalue weighted by Gasteiger charge is -2.24.